The molecule has 0 atom stereocenters. The van der Waals surface area contributed by atoms with Crippen molar-refractivity contribution in [2.24, 2.45) is 5.10 Å². The number of carbonyl (C=O) groups is 1. The monoisotopic (exact) mass is 622 g/mol. The summed E-state index contributed by atoms with van der Waals surface area (Å²) in [6.45, 7) is 5.33. The van der Waals surface area contributed by atoms with Gasteiger partial charge in [0.1, 0.15) is 12.4 Å². The number of carbonyl (C=O) groups excluding carboxylic acids is 1. The summed E-state index contributed by atoms with van der Waals surface area (Å²) >= 11 is 5.65. The van der Waals surface area contributed by atoms with E-state index in [1.807, 2.05) is 50.2 Å². The number of amides is 1. The van der Waals surface area contributed by atoms with Crippen LogP contribution in [0.2, 0.25) is 0 Å². The Balaban J connectivity index is 1.67. The molecule has 0 fully saturated rings. The molecule has 0 bridgehead atoms. The predicted molar refractivity (Wildman–Crippen MR) is 141 cm³/mol. The molecule has 0 spiro atoms. The first-order valence-electron chi connectivity index (χ1n) is 10.4. The van der Waals surface area contributed by atoms with E-state index in [0.29, 0.717) is 36.9 Å². The summed E-state index contributed by atoms with van der Waals surface area (Å²) in [6.07, 6.45) is 1.58. The van der Waals surface area contributed by atoms with E-state index in [2.05, 4.69) is 49.0 Å². The maximum atomic E-state index is 12.3. The molecule has 172 valence electrons. The number of hydrazone groups is 1. The number of halogens is 2. The number of hydrogen-bond donors (Lipinski definition) is 1. The van der Waals surface area contributed by atoms with Crippen LogP contribution in [0.25, 0.3) is 0 Å². The summed E-state index contributed by atoms with van der Waals surface area (Å²) in [4.78, 5) is 12.3. The van der Waals surface area contributed by atoms with Gasteiger partial charge in [0.15, 0.2) is 11.5 Å². The molecule has 0 aliphatic rings. The first-order valence-corrected chi connectivity index (χ1v) is 12.3. The maximum absolute atomic E-state index is 12.3. The Morgan fingerprint density at radius 2 is 1.70 bits per heavy atom. The highest BCUT2D eigenvalue weighted by Crippen LogP contribution is 2.34. The minimum absolute atomic E-state index is 0.302. The number of hydrogen-bond acceptors (Lipinski definition) is 5. The molecule has 0 saturated carbocycles. The quantitative estimate of drug-likeness (QED) is 0.166. The molecule has 3 aromatic carbocycles. The molecule has 0 heterocycles. The second kappa shape index (κ2) is 12.6. The van der Waals surface area contributed by atoms with E-state index < -0.39 is 0 Å². The molecule has 0 unspecified atom stereocenters. The molecule has 0 aromatic heterocycles. The zero-order chi connectivity index (χ0) is 23.6. The lowest BCUT2D eigenvalue weighted by Crippen LogP contribution is -2.17. The summed E-state index contributed by atoms with van der Waals surface area (Å²) in [7, 11) is 0. The molecule has 1 amide bonds. The highest BCUT2D eigenvalue weighted by atomic mass is 127. The van der Waals surface area contributed by atoms with Crippen LogP contribution in [0, 0.1) is 3.57 Å². The van der Waals surface area contributed by atoms with E-state index >= 15 is 0 Å². The van der Waals surface area contributed by atoms with Gasteiger partial charge >= 0.3 is 0 Å². The molecule has 33 heavy (non-hydrogen) atoms. The van der Waals surface area contributed by atoms with Gasteiger partial charge in [-0.25, -0.2) is 5.43 Å². The Hall–Kier alpha value is -2.59. The second-order valence-corrected chi connectivity index (χ2v) is 8.91. The van der Waals surface area contributed by atoms with E-state index in [1.165, 1.54) is 0 Å². The van der Waals surface area contributed by atoms with E-state index in [-0.39, 0.29) is 5.91 Å². The Morgan fingerprint density at radius 1 is 1.00 bits per heavy atom. The van der Waals surface area contributed by atoms with Gasteiger partial charge < -0.3 is 14.2 Å². The van der Waals surface area contributed by atoms with Crippen molar-refractivity contribution in [2.75, 3.05) is 13.2 Å². The van der Waals surface area contributed by atoms with E-state index in [1.54, 1.807) is 30.5 Å². The van der Waals surface area contributed by atoms with Crippen molar-refractivity contribution in [1.29, 1.82) is 0 Å². The van der Waals surface area contributed by atoms with Gasteiger partial charge in [-0.15, -0.1) is 0 Å². The zero-order valence-corrected chi connectivity index (χ0v) is 22.1. The largest absolute Gasteiger partial charge is 0.494 e. The molecule has 0 radical (unpaired) electrons. The normalized spacial score (nSPS) is 10.8. The summed E-state index contributed by atoms with van der Waals surface area (Å²) in [6, 6.07) is 18.6. The summed E-state index contributed by atoms with van der Waals surface area (Å²) in [5, 5.41) is 4.09. The van der Waals surface area contributed by atoms with Crippen LogP contribution in [0.4, 0.5) is 0 Å². The summed E-state index contributed by atoms with van der Waals surface area (Å²) in [5.41, 5.74) is 4.88. The molecule has 0 saturated heterocycles. The minimum atomic E-state index is -0.302. The van der Waals surface area contributed by atoms with Gasteiger partial charge in [0.25, 0.3) is 5.91 Å². The molecule has 3 aromatic rings. The van der Waals surface area contributed by atoms with Gasteiger partial charge in [-0.3, -0.25) is 4.79 Å². The topological polar surface area (TPSA) is 69.2 Å². The molecule has 8 heteroatoms. The van der Waals surface area contributed by atoms with Crippen LogP contribution in [0.15, 0.2) is 70.2 Å². The average molecular weight is 623 g/mol. The maximum Gasteiger partial charge on any atom is 0.271 e. The smallest absolute Gasteiger partial charge is 0.271 e. The molecule has 3 rings (SSSR count). The highest BCUT2D eigenvalue weighted by molar-refractivity contribution is 14.1. The lowest BCUT2D eigenvalue weighted by Gasteiger charge is -2.15. The van der Waals surface area contributed by atoms with Crippen LogP contribution in [0.3, 0.4) is 0 Å². The fourth-order valence-electron chi connectivity index (χ4n) is 2.90. The molecule has 0 aliphatic heterocycles. The van der Waals surface area contributed by atoms with Crippen molar-refractivity contribution in [3.8, 4) is 17.2 Å². The number of ether oxygens (including phenoxy) is 3. The van der Waals surface area contributed by atoms with Gasteiger partial charge in [-0.1, -0.05) is 28.1 Å². The van der Waals surface area contributed by atoms with Crippen LogP contribution in [0.1, 0.15) is 35.3 Å². The van der Waals surface area contributed by atoms with E-state index in [4.69, 9.17) is 14.2 Å². The molecular weight excluding hydrogens is 599 g/mol. The first-order chi connectivity index (χ1) is 16.0. The van der Waals surface area contributed by atoms with Gasteiger partial charge in [0.2, 0.25) is 0 Å². The van der Waals surface area contributed by atoms with Crippen molar-refractivity contribution in [3.05, 3.63) is 85.4 Å². The van der Waals surface area contributed by atoms with Crippen molar-refractivity contribution in [1.82, 2.24) is 5.43 Å². The second-order valence-electron chi connectivity index (χ2n) is 6.83. The number of nitrogens with one attached hydrogen (secondary N) is 1. The van der Waals surface area contributed by atoms with Gasteiger partial charge in [0.05, 0.1) is 23.0 Å². The van der Waals surface area contributed by atoms with Crippen LogP contribution >= 0.6 is 38.5 Å². The Bertz CT molecular complexity index is 1100. The van der Waals surface area contributed by atoms with Crippen LogP contribution in [-0.4, -0.2) is 25.3 Å². The van der Waals surface area contributed by atoms with E-state index in [9.17, 15) is 4.79 Å². The van der Waals surface area contributed by atoms with Crippen LogP contribution in [-0.2, 0) is 6.61 Å². The van der Waals surface area contributed by atoms with Crippen molar-refractivity contribution in [2.45, 2.75) is 20.5 Å². The SMILES string of the molecule is CCOc1ccc(C(=O)N/N=C\c2cc(I)c(OCc3ccc(Br)cc3)c(OCC)c2)cc1. The standard InChI is InChI=1S/C25H24BrIN2O4/c1-3-31-21-11-7-19(8-12-21)25(30)29-28-15-18-13-22(27)24(23(14-18)32-4-2)33-16-17-5-9-20(26)10-6-17/h5-15H,3-4,16H2,1-2H3,(H,29,30)/b28-15-. The van der Waals surface area contributed by atoms with Crippen molar-refractivity contribution in [3.63, 3.8) is 0 Å². The van der Waals surface area contributed by atoms with Crippen LogP contribution < -0.4 is 19.6 Å². The van der Waals surface area contributed by atoms with Crippen LogP contribution in [0.5, 0.6) is 17.2 Å². The fourth-order valence-corrected chi connectivity index (χ4v) is 3.95. The van der Waals surface area contributed by atoms with Crippen molar-refractivity contribution < 1.29 is 19.0 Å². The Kier molecular flexibility index (Phi) is 9.56. The molecule has 6 nitrogen and oxygen atoms in total. The van der Waals surface area contributed by atoms with Gasteiger partial charge in [-0.05, 0) is 96.1 Å². The van der Waals surface area contributed by atoms with Gasteiger partial charge in [-0.2, -0.15) is 5.10 Å². The zero-order valence-electron chi connectivity index (χ0n) is 18.3. The third-order valence-electron chi connectivity index (χ3n) is 4.44. The van der Waals surface area contributed by atoms with Crippen molar-refractivity contribution >= 4 is 50.6 Å². The fraction of sp³-hybridized carbons (Fsp3) is 0.200. The third-order valence-corrected chi connectivity index (χ3v) is 5.77. The Labute approximate surface area is 215 Å². The minimum Gasteiger partial charge on any atom is -0.494 e. The lowest BCUT2D eigenvalue weighted by atomic mass is 10.2. The third kappa shape index (κ3) is 7.46. The molecular formula is C25H24BrIN2O4. The number of benzene rings is 3. The highest BCUT2D eigenvalue weighted by Gasteiger charge is 2.12. The predicted octanol–water partition coefficient (Wildman–Crippen LogP) is 6.19. The average Bonchev–Trinajstić information content (AvgIpc) is 2.80. The van der Waals surface area contributed by atoms with E-state index in [0.717, 1.165) is 24.9 Å². The molecule has 1 N–H and O–H groups in total. The number of nitrogens with zero attached hydrogens (tertiary/aromatic N) is 1. The number of rotatable bonds is 10. The Morgan fingerprint density at radius 3 is 2.36 bits per heavy atom. The van der Waals surface area contributed by atoms with Gasteiger partial charge in [0, 0.05) is 10.0 Å². The molecule has 0 aliphatic carbocycles. The summed E-state index contributed by atoms with van der Waals surface area (Å²) < 4.78 is 19.2. The lowest BCUT2D eigenvalue weighted by molar-refractivity contribution is 0.0955. The first kappa shape index (κ1) is 25.0. The summed E-state index contributed by atoms with van der Waals surface area (Å²) in [5.74, 6) is 1.72.